The Morgan fingerprint density at radius 3 is 2.56 bits per heavy atom. The molecule has 0 bridgehead atoms. The summed E-state index contributed by atoms with van der Waals surface area (Å²) in [5, 5.41) is 13.6. The molecular formula is C24H20N4O4. The predicted molar refractivity (Wildman–Crippen MR) is 120 cm³/mol. The van der Waals surface area contributed by atoms with Gasteiger partial charge in [0.05, 0.1) is 11.9 Å². The summed E-state index contributed by atoms with van der Waals surface area (Å²) in [4.78, 5) is 24.9. The maximum Gasteiger partial charge on any atom is 0.255 e. The van der Waals surface area contributed by atoms with Crippen molar-refractivity contribution in [3.63, 3.8) is 0 Å². The van der Waals surface area contributed by atoms with E-state index in [4.69, 9.17) is 9.47 Å². The van der Waals surface area contributed by atoms with Crippen LogP contribution in [0.3, 0.4) is 0 Å². The smallest absolute Gasteiger partial charge is 0.255 e. The predicted octanol–water partition coefficient (Wildman–Crippen LogP) is 3.77. The number of amides is 2. The van der Waals surface area contributed by atoms with Crippen molar-refractivity contribution in [1.82, 2.24) is 10.2 Å². The van der Waals surface area contributed by atoms with E-state index in [-0.39, 0.29) is 18.2 Å². The van der Waals surface area contributed by atoms with Gasteiger partial charge in [-0.15, -0.1) is 0 Å². The van der Waals surface area contributed by atoms with Crippen molar-refractivity contribution in [2.24, 2.45) is 0 Å². The van der Waals surface area contributed by atoms with Crippen LogP contribution in [0.1, 0.15) is 15.9 Å². The number of nitrogens with zero attached hydrogens (tertiary/aromatic N) is 1. The Labute approximate surface area is 183 Å². The van der Waals surface area contributed by atoms with Gasteiger partial charge in [-0.1, -0.05) is 24.3 Å². The number of fused-ring (bicyclic) bond motifs is 2. The standard InChI is InChI=1S/C24H20N4O4/c29-22(13-15-6-9-20-21(12-15)32-11-10-31-20)26-23-18-8-7-17(14-19(18)27-28-23)25-24(30)16-4-2-1-3-5-16/h1-9,12,14H,10-11,13H2,(H,25,30)(H2,26,27,28,29). The summed E-state index contributed by atoms with van der Waals surface area (Å²) >= 11 is 0. The number of anilines is 2. The van der Waals surface area contributed by atoms with Crippen molar-refractivity contribution in [2.45, 2.75) is 6.42 Å². The van der Waals surface area contributed by atoms with Gasteiger partial charge in [0.25, 0.3) is 5.91 Å². The number of hydrogen-bond donors (Lipinski definition) is 3. The van der Waals surface area contributed by atoms with Gasteiger partial charge in [-0.2, -0.15) is 5.10 Å². The molecule has 0 fully saturated rings. The first-order chi connectivity index (χ1) is 15.7. The van der Waals surface area contributed by atoms with Crippen LogP contribution in [0.15, 0.2) is 66.7 Å². The van der Waals surface area contributed by atoms with Crippen molar-refractivity contribution < 1.29 is 19.1 Å². The third kappa shape index (κ3) is 4.11. The minimum Gasteiger partial charge on any atom is -0.486 e. The maximum absolute atomic E-state index is 12.6. The van der Waals surface area contributed by atoms with Gasteiger partial charge in [0, 0.05) is 16.6 Å². The lowest BCUT2D eigenvalue weighted by Gasteiger charge is -2.18. The van der Waals surface area contributed by atoms with E-state index in [1.165, 1.54) is 0 Å². The van der Waals surface area contributed by atoms with Crippen LogP contribution >= 0.6 is 0 Å². The summed E-state index contributed by atoms with van der Waals surface area (Å²) < 4.78 is 11.1. The van der Waals surface area contributed by atoms with Crippen LogP contribution in [0.25, 0.3) is 10.9 Å². The molecule has 1 aliphatic rings. The molecule has 5 rings (SSSR count). The molecule has 2 amide bonds. The number of carbonyl (C=O) groups is 2. The molecule has 4 aromatic rings. The van der Waals surface area contributed by atoms with E-state index in [9.17, 15) is 9.59 Å². The Bertz CT molecular complexity index is 1300. The molecule has 3 N–H and O–H groups in total. The van der Waals surface area contributed by atoms with E-state index in [1.807, 2.05) is 36.4 Å². The highest BCUT2D eigenvalue weighted by Gasteiger charge is 2.15. The van der Waals surface area contributed by atoms with E-state index < -0.39 is 0 Å². The molecule has 0 spiro atoms. The first kappa shape index (κ1) is 19.6. The van der Waals surface area contributed by atoms with Crippen LogP contribution in [-0.4, -0.2) is 35.2 Å². The van der Waals surface area contributed by atoms with Crippen LogP contribution in [-0.2, 0) is 11.2 Å². The summed E-state index contributed by atoms with van der Waals surface area (Å²) in [5.41, 5.74) is 2.72. The topological polar surface area (TPSA) is 105 Å². The number of ether oxygens (including phenoxy) is 2. The molecule has 0 unspecified atom stereocenters. The summed E-state index contributed by atoms with van der Waals surface area (Å²) in [6.07, 6.45) is 0.177. The molecular weight excluding hydrogens is 408 g/mol. The van der Waals surface area contributed by atoms with Gasteiger partial charge >= 0.3 is 0 Å². The van der Waals surface area contributed by atoms with Crippen LogP contribution in [0, 0.1) is 0 Å². The number of hydrogen-bond acceptors (Lipinski definition) is 5. The largest absolute Gasteiger partial charge is 0.486 e. The highest BCUT2D eigenvalue weighted by atomic mass is 16.6. The number of H-pyrrole nitrogens is 1. The number of nitrogens with one attached hydrogen (secondary N) is 3. The van der Waals surface area contributed by atoms with Gasteiger partial charge in [-0.25, -0.2) is 0 Å². The molecule has 0 radical (unpaired) electrons. The molecule has 2 heterocycles. The fraction of sp³-hybridized carbons (Fsp3) is 0.125. The fourth-order valence-corrected chi connectivity index (χ4v) is 3.54. The average Bonchev–Trinajstić information content (AvgIpc) is 3.21. The molecule has 0 saturated heterocycles. The Kier molecular flexibility index (Phi) is 5.17. The molecule has 0 saturated carbocycles. The molecule has 1 aliphatic heterocycles. The van der Waals surface area contributed by atoms with Crippen molar-refractivity contribution in [3.8, 4) is 11.5 Å². The lowest BCUT2D eigenvalue weighted by molar-refractivity contribution is -0.115. The zero-order chi connectivity index (χ0) is 21.9. The maximum atomic E-state index is 12.6. The van der Waals surface area contributed by atoms with E-state index in [0.29, 0.717) is 47.3 Å². The highest BCUT2D eigenvalue weighted by molar-refractivity contribution is 6.06. The van der Waals surface area contributed by atoms with Crippen molar-refractivity contribution >= 4 is 34.2 Å². The summed E-state index contributed by atoms with van der Waals surface area (Å²) in [6, 6.07) is 19.8. The Morgan fingerprint density at radius 1 is 0.906 bits per heavy atom. The van der Waals surface area contributed by atoms with Gasteiger partial charge < -0.3 is 20.1 Å². The van der Waals surface area contributed by atoms with Gasteiger partial charge in [-0.05, 0) is 48.0 Å². The number of rotatable bonds is 5. The number of aromatic nitrogens is 2. The second kappa shape index (κ2) is 8.43. The molecule has 8 nitrogen and oxygen atoms in total. The lowest BCUT2D eigenvalue weighted by atomic mass is 10.1. The molecule has 32 heavy (non-hydrogen) atoms. The monoisotopic (exact) mass is 428 g/mol. The second-order valence-electron chi connectivity index (χ2n) is 7.36. The first-order valence-corrected chi connectivity index (χ1v) is 10.2. The van der Waals surface area contributed by atoms with Crippen LogP contribution in [0.4, 0.5) is 11.5 Å². The molecule has 160 valence electrons. The van der Waals surface area contributed by atoms with Gasteiger partial charge in [0.2, 0.25) is 5.91 Å². The number of carbonyl (C=O) groups excluding carboxylic acids is 2. The van der Waals surface area contributed by atoms with Crippen LogP contribution in [0.2, 0.25) is 0 Å². The Balaban J connectivity index is 1.27. The zero-order valence-corrected chi connectivity index (χ0v) is 17.1. The number of benzene rings is 3. The van der Waals surface area contributed by atoms with E-state index in [1.54, 1.807) is 30.3 Å². The third-order valence-corrected chi connectivity index (χ3v) is 5.09. The summed E-state index contributed by atoms with van der Waals surface area (Å²) in [6.45, 7) is 1.02. The van der Waals surface area contributed by atoms with E-state index in [0.717, 1.165) is 10.9 Å². The molecule has 0 aliphatic carbocycles. The SMILES string of the molecule is O=C(Cc1ccc2c(c1)OCCO2)Nc1n[nH]c2cc(NC(=O)c3ccccc3)ccc12. The average molecular weight is 428 g/mol. The lowest BCUT2D eigenvalue weighted by Crippen LogP contribution is -2.17. The zero-order valence-electron chi connectivity index (χ0n) is 17.1. The Morgan fingerprint density at radius 2 is 1.72 bits per heavy atom. The van der Waals surface area contributed by atoms with Gasteiger partial charge in [-0.3, -0.25) is 14.7 Å². The van der Waals surface area contributed by atoms with Crippen molar-refractivity contribution in [1.29, 1.82) is 0 Å². The third-order valence-electron chi connectivity index (χ3n) is 5.09. The normalized spacial score (nSPS) is 12.4. The summed E-state index contributed by atoms with van der Waals surface area (Å²) in [7, 11) is 0. The molecule has 3 aromatic carbocycles. The van der Waals surface area contributed by atoms with Crippen molar-refractivity contribution in [3.05, 3.63) is 77.9 Å². The Hall–Kier alpha value is -4.33. The van der Waals surface area contributed by atoms with E-state index >= 15 is 0 Å². The van der Waals surface area contributed by atoms with Gasteiger partial charge in [0.15, 0.2) is 17.3 Å². The van der Waals surface area contributed by atoms with Crippen molar-refractivity contribution in [2.75, 3.05) is 23.8 Å². The van der Waals surface area contributed by atoms with E-state index in [2.05, 4.69) is 20.8 Å². The number of aromatic amines is 1. The highest BCUT2D eigenvalue weighted by Crippen LogP contribution is 2.31. The second-order valence-corrected chi connectivity index (χ2v) is 7.36. The van der Waals surface area contributed by atoms with Crippen LogP contribution < -0.4 is 20.1 Å². The van der Waals surface area contributed by atoms with Gasteiger partial charge in [0.1, 0.15) is 13.2 Å². The minimum atomic E-state index is -0.198. The quantitative estimate of drug-likeness (QED) is 0.449. The van der Waals surface area contributed by atoms with Crippen LogP contribution in [0.5, 0.6) is 11.5 Å². The molecule has 8 heteroatoms. The minimum absolute atomic E-state index is 0.177. The fourth-order valence-electron chi connectivity index (χ4n) is 3.54. The summed E-state index contributed by atoms with van der Waals surface area (Å²) in [5.74, 6) is 1.38. The molecule has 0 atom stereocenters. The molecule has 1 aromatic heterocycles. The first-order valence-electron chi connectivity index (χ1n) is 10.2.